The summed E-state index contributed by atoms with van der Waals surface area (Å²) in [6.07, 6.45) is 1.01. The first-order valence-electron chi connectivity index (χ1n) is 3.76. The lowest BCUT2D eigenvalue weighted by Gasteiger charge is -2.08. The Kier molecular flexibility index (Phi) is 2.92. The van der Waals surface area contributed by atoms with Gasteiger partial charge in [0, 0.05) is 6.07 Å². The standard InChI is InChI=1S/C8H10ClNO3S/c1-5-3-6(9)7(4-8(5)11)10-14(2,12)13/h3-4,10-11H,1-2H3. The molecule has 0 unspecified atom stereocenters. The molecule has 0 radical (unpaired) electrons. The van der Waals surface area contributed by atoms with Crippen LogP contribution in [0.15, 0.2) is 12.1 Å². The molecular formula is C8H10ClNO3S. The van der Waals surface area contributed by atoms with E-state index in [9.17, 15) is 13.5 Å². The van der Waals surface area contributed by atoms with Crippen molar-refractivity contribution in [2.75, 3.05) is 11.0 Å². The highest BCUT2D eigenvalue weighted by molar-refractivity contribution is 7.92. The summed E-state index contributed by atoms with van der Waals surface area (Å²) in [6.45, 7) is 1.67. The lowest BCUT2D eigenvalue weighted by Crippen LogP contribution is -2.09. The van der Waals surface area contributed by atoms with Crippen molar-refractivity contribution in [2.24, 2.45) is 0 Å². The van der Waals surface area contributed by atoms with E-state index in [1.807, 2.05) is 0 Å². The number of sulfonamides is 1. The first kappa shape index (κ1) is 11.1. The highest BCUT2D eigenvalue weighted by atomic mass is 35.5. The Balaban J connectivity index is 3.17. The van der Waals surface area contributed by atoms with Gasteiger partial charge in [0.1, 0.15) is 5.75 Å². The van der Waals surface area contributed by atoms with Crippen molar-refractivity contribution < 1.29 is 13.5 Å². The van der Waals surface area contributed by atoms with E-state index >= 15 is 0 Å². The third-order valence-corrected chi connectivity index (χ3v) is 2.48. The summed E-state index contributed by atoms with van der Waals surface area (Å²) >= 11 is 5.77. The van der Waals surface area contributed by atoms with Gasteiger partial charge < -0.3 is 5.11 Å². The fourth-order valence-electron chi connectivity index (χ4n) is 0.939. The zero-order valence-corrected chi connectivity index (χ0v) is 9.28. The molecular weight excluding hydrogens is 226 g/mol. The zero-order valence-electron chi connectivity index (χ0n) is 7.70. The lowest BCUT2D eigenvalue weighted by molar-refractivity contribution is 0.471. The van der Waals surface area contributed by atoms with E-state index in [0.29, 0.717) is 5.56 Å². The molecule has 0 fully saturated rings. The quantitative estimate of drug-likeness (QED) is 0.820. The molecule has 0 aliphatic heterocycles. The predicted molar refractivity (Wildman–Crippen MR) is 56.3 cm³/mol. The topological polar surface area (TPSA) is 66.4 Å². The Morgan fingerprint density at radius 3 is 2.50 bits per heavy atom. The summed E-state index contributed by atoms with van der Waals surface area (Å²) in [4.78, 5) is 0. The molecule has 6 heteroatoms. The van der Waals surface area contributed by atoms with Crippen molar-refractivity contribution in [1.29, 1.82) is 0 Å². The van der Waals surface area contributed by atoms with Crippen LogP contribution < -0.4 is 4.72 Å². The van der Waals surface area contributed by atoms with Crippen molar-refractivity contribution in [3.05, 3.63) is 22.7 Å². The van der Waals surface area contributed by atoms with Crippen LogP contribution in [0.25, 0.3) is 0 Å². The number of benzene rings is 1. The van der Waals surface area contributed by atoms with Gasteiger partial charge in [-0.1, -0.05) is 11.6 Å². The molecule has 1 aromatic carbocycles. The van der Waals surface area contributed by atoms with Gasteiger partial charge in [0.25, 0.3) is 0 Å². The second kappa shape index (κ2) is 3.67. The van der Waals surface area contributed by atoms with Crippen LogP contribution in [0.5, 0.6) is 5.75 Å². The van der Waals surface area contributed by atoms with Gasteiger partial charge in [0.15, 0.2) is 0 Å². The molecule has 0 spiro atoms. The molecule has 0 aromatic heterocycles. The Morgan fingerprint density at radius 1 is 1.43 bits per heavy atom. The van der Waals surface area contributed by atoms with Crippen molar-refractivity contribution in [3.63, 3.8) is 0 Å². The number of hydrogen-bond donors (Lipinski definition) is 2. The normalized spacial score (nSPS) is 11.4. The first-order valence-corrected chi connectivity index (χ1v) is 6.03. The summed E-state index contributed by atoms with van der Waals surface area (Å²) < 4.78 is 24.0. The summed E-state index contributed by atoms with van der Waals surface area (Å²) in [5.74, 6) is 0.000509. The minimum Gasteiger partial charge on any atom is -0.508 e. The maximum atomic E-state index is 10.9. The third kappa shape index (κ3) is 2.78. The second-order valence-corrected chi connectivity index (χ2v) is 5.15. The minimum absolute atomic E-state index is 0.000509. The van der Waals surface area contributed by atoms with Crippen molar-refractivity contribution in [3.8, 4) is 5.75 Å². The van der Waals surface area contributed by atoms with Gasteiger partial charge in [0.2, 0.25) is 10.0 Å². The number of phenolic OH excluding ortho intramolecular Hbond substituents is 1. The van der Waals surface area contributed by atoms with Crippen LogP contribution >= 0.6 is 11.6 Å². The Morgan fingerprint density at radius 2 is 2.00 bits per heavy atom. The van der Waals surface area contributed by atoms with E-state index in [1.165, 1.54) is 12.1 Å². The van der Waals surface area contributed by atoms with Crippen LogP contribution in [-0.2, 0) is 10.0 Å². The molecule has 0 bridgehead atoms. The molecule has 0 saturated carbocycles. The number of aryl methyl sites for hydroxylation is 1. The van der Waals surface area contributed by atoms with Crippen LogP contribution in [0.2, 0.25) is 5.02 Å². The van der Waals surface area contributed by atoms with Crippen LogP contribution in [0.3, 0.4) is 0 Å². The molecule has 1 rings (SSSR count). The van der Waals surface area contributed by atoms with Gasteiger partial charge in [-0.25, -0.2) is 8.42 Å². The molecule has 1 aromatic rings. The fourth-order valence-corrected chi connectivity index (χ4v) is 1.83. The highest BCUT2D eigenvalue weighted by Gasteiger charge is 2.08. The monoisotopic (exact) mass is 235 g/mol. The average molecular weight is 236 g/mol. The molecule has 2 N–H and O–H groups in total. The summed E-state index contributed by atoms with van der Waals surface area (Å²) in [7, 11) is -3.37. The van der Waals surface area contributed by atoms with E-state index in [-0.39, 0.29) is 16.5 Å². The maximum Gasteiger partial charge on any atom is 0.229 e. The van der Waals surface area contributed by atoms with Gasteiger partial charge in [-0.3, -0.25) is 4.72 Å². The predicted octanol–water partition coefficient (Wildman–Crippen LogP) is 1.73. The molecule has 0 aliphatic carbocycles. The number of aromatic hydroxyl groups is 1. The molecule has 0 atom stereocenters. The lowest BCUT2D eigenvalue weighted by atomic mass is 10.2. The molecule has 0 amide bonds. The van der Waals surface area contributed by atoms with Crippen LogP contribution in [0, 0.1) is 6.92 Å². The number of hydrogen-bond acceptors (Lipinski definition) is 3. The van der Waals surface area contributed by atoms with Gasteiger partial charge in [0.05, 0.1) is 17.0 Å². The maximum absolute atomic E-state index is 10.9. The average Bonchev–Trinajstić information content (AvgIpc) is 1.97. The smallest absolute Gasteiger partial charge is 0.229 e. The van der Waals surface area contributed by atoms with E-state index in [0.717, 1.165) is 6.26 Å². The molecule has 0 heterocycles. The third-order valence-electron chi connectivity index (χ3n) is 1.58. The van der Waals surface area contributed by atoms with Gasteiger partial charge >= 0.3 is 0 Å². The number of rotatable bonds is 2. The van der Waals surface area contributed by atoms with Crippen LogP contribution in [0.1, 0.15) is 5.56 Å². The first-order chi connectivity index (χ1) is 6.29. The Labute approximate surface area is 87.6 Å². The van der Waals surface area contributed by atoms with Crippen molar-refractivity contribution in [1.82, 2.24) is 0 Å². The molecule has 0 saturated heterocycles. The summed E-state index contributed by atoms with van der Waals surface area (Å²) in [5, 5.41) is 9.58. The van der Waals surface area contributed by atoms with Crippen LogP contribution in [-0.4, -0.2) is 19.8 Å². The molecule has 14 heavy (non-hydrogen) atoms. The second-order valence-electron chi connectivity index (χ2n) is 2.99. The van der Waals surface area contributed by atoms with Crippen LogP contribution in [0.4, 0.5) is 5.69 Å². The minimum atomic E-state index is -3.37. The molecule has 78 valence electrons. The number of halogens is 1. The summed E-state index contributed by atoms with van der Waals surface area (Å²) in [6, 6.07) is 2.77. The molecule has 4 nitrogen and oxygen atoms in total. The Hall–Kier alpha value is -0.940. The van der Waals surface area contributed by atoms with Gasteiger partial charge in [-0.05, 0) is 18.6 Å². The molecule has 0 aliphatic rings. The van der Waals surface area contributed by atoms with E-state index in [1.54, 1.807) is 6.92 Å². The zero-order chi connectivity index (χ0) is 10.9. The number of nitrogens with one attached hydrogen (secondary N) is 1. The van der Waals surface area contributed by atoms with E-state index in [2.05, 4.69) is 4.72 Å². The summed E-state index contributed by atoms with van der Waals surface area (Å²) in [5.41, 5.74) is 0.770. The van der Waals surface area contributed by atoms with Gasteiger partial charge in [-0.15, -0.1) is 0 Å². The highest BCUT2D eigenvalue weighted by Crippen LogP contribution is 2.29. The number of anilines is 1. The van der Waals surface area contributed by atoms with Crippen molar-refractivity contribution >= 4 is 27.3 Å². The van der Waals surface area contributed by atoms with E-state index in [4.69, 9.17) is 11.6 Å². The number of phenols is 1. The Bertz CT molecular complexity index is 456. The van der Waals surface area contributed by atoms with Gasteiger partial charge in [-0.2, -0.15) is 0 Å². The fraction of sp³-hybridized carbons (Fsp3) is 0.250. The van der Waals surface area contributed by atoms with E-state index < -0.39 is 10.0 Å². The van der Waals surface area contributed by atoms with Crippen molar-refractivity contribution in [2.45, 2.75) is 6.92 Å². The largest absolute Gasteiger partial charge is 0.508 e. The SMILES string of the molecule is Cc1cc(Cl)c(NS(C)(=O)=O)cc1O.